The molecule has 0 spiro atoms. The molecular formula is C21H19BrN2O4S. The number of halogens is 1. The zero-order valence-electron chi connectivity index (χ0n) is 16.1. The van der Waals surface area contributed by atoms with Crippen molar-refractivity contribution in [2.24, 2.45) is 0 Å². The van der Waals surface area contributed by atoms with Crippen LogP contribution in [0.25, 0.3) is 6.08 Å². The maximum atomic E-state index is 13.2. The Morgan fingerprint density at radius 2 is 1.83 bits per heavy atom. The molecule has 1 fully saturated rings. The topological polar surface area (TPSA) is 67.9 Å². The Balaban J connectivity index is 2.07. The molecule has 0 aromatic heterocycles. The first-order valence-electron chi connectivity index (χ1n) is 8.81. The summed E-state index contributed by atoms with van der Waals surface area (Å²) in [5.41, 5.74) is 2.18. The van der Waals surface area contributed by atoms with Crippen molar-refractivity contribution in [1.82, 2.24) is 5.32 Å². The lowest BCUT2D eigenvalue weighted by molar-refractivity contribution is -0.122. The lowest BCUT2D eigenvalue weighted by Crippen LogP contribution is -2.54. The smallest absolute Gasteiger partial charge is 0.270 e. The third-order valence-corrected chi connectivity index (χ3v) is 5.22. The number of amides is 2. The van der Waals surface area contributed by atoms with Gasteiger partial charge < -0.3 is 9.47 Å². The Morgan fingerprint density at radius 3 is 2.41 bits per heavy atom. The standard InChI is InChI=1S/C21H19BrN2O4S/c1-4-12-5-7-15(8-6-12)24-20(26)16(19(25)23-21(24)29)10-13-9-14(22)11-17(27-2)18(13)28-3/h5-11H,4H2,1-3H3,(H,23,25,29)/b16-10+. The molecule has 6 nitrogen and oxygen atoms in total. The molecule has 1 N–H and O–H groups in total. The van der Waals surface area contributed by atoms with E-state index in [2.05, 4.69) is 21.2 Å². The van der Waals surface area contributed by atoms with E-state index in [1.165, 1.54) is 25.2 Å². The minimum absolute atomic E-state index is 0.0418. The first-order chi connectivity index (χ1) is 13.9. The van der Waals surface area contributed by atoms with Crippen molar-refractivity contribution in [3.63, 3.8) is 0 Å². The van der Waals surface area contributed by atoms with Crippen LogP contribution in [-0.2, 0) is 16.0 Å². The van der Waals surface area contributed by atoms with Crippen molar-refractivity contribution in [3.8, 4) is 11.5 Å². The average molecular weight is 475 g/mol. The quantitative estimate of drug-likeness (QED) is 0.404. The summed E-state index contributed by atoms with van der Waals surface area (Å²) in [6.45, 7) is 2.05. The highest BCUT2D eigenvalue weighted by Gasteiger charge is 2.34. The Hall–Kier alpha value is -2.71. The predicted molar refractivity (Wildman–Crippen MR) is 119 cm³/mol. The Bertz CT molecular complexity index is 1020. The van der Waals surface area contributed by atoms with Gasteiger partial charge in [-0.3, -0.25) is 19.8 Å². The molecule has 8 heteroatoms. The number of nitrogens with one attached hydrogen (secondary N) is 1. The molecule has 2 aromatic carbocycles. The SMILES string of the molecule is CCc1ccc(N2C(=O)/C(=C/c3cc(Br)cc(OC)c3OC)C(=O)NC2=S)cc1. The largest absolute Gasteiger partial charge is 0.493 e. The van der Waals surface area contributed by atoms with E-state index in [1.807, 2.05) is 19.1 Å². The summed E-state index contributed by atoms with van der Waals surface area (Å²) in [5.74, 6) is -0.192. The lowest BCUT2D eigenvalue weighted by atomic mass is 10.1. The van der Waals surface area contributed by atoms with Gasteiger partial charge in [0.05, 0.1) is 19.9 Å². The first kappa shape index (κ1) is 21.0. The fraction of sp³-hybridized carbons (Fsp3) is 0.190. The van der Waals surface area contributed by atoms with Crippen molar-refractivity contribution >= 4 is 56.8 Å². The zero-order chi connectivity index (χ0) is 21.1. The molecule has 1 saturated heterocycles. The van der Waals surface area contributed by atoms with Gasteiger partial charge in [0, 0.05) is 10.0 Å². The molecule has 0 bridgehead atoms. The van der Waals surface area contributed by atoms with Gasteiger partial charge in [0.2, 0.25) is 0 Å². The lowest BCUT2D eigenvalue weighted by Gasteiger charge is -2.29. The number of ether oxygens (including phenoxy) is 2. The molecule has 29 heavy (non-hydrogen) atoms. The summed E-state index contributed by atoms with van der Waals surface area (Å²) in [6, 6.07) is 10.9. The Kier molecular flexibility index (Phi) is 6.34. The molecule has 0 radical (unpaired) electrons. The number of benzene rings is 2. The molecule has 1 aliphatic heterocycles. The normalized spacial score (nSPS) is 15.5. The second kappa shape index (κ2) is 8.75. The number of methoxy groups -OCH3 is 2. The molecular weight excluding hydrogens is 456 g/mol. The van der Waals surface area contributed by atoms with Gasteiger partial charge in [-0.15, -0.1) is 0 Å². The van der Waals surface area contributed by atoms with E-state index >= 15 is 0 Å². The first-order valence-corrected chi connectivity index (χ1v) is 10.0. The van der Waals surface area contributed by atoms with Crippen LogP contribution in [0.3, 0.4) is 0 Å². The van der Waals surface area contributed by atoms with E-state index in [0.717, 1.165) is 12.0 Å². The van der Waals surface area contributed by atoms with Crippen LogP contribution in [0.1, 0.15) is 18.1 Å². The maximum Gasteiger partial charge on any atom is 0.270 e. The zero-order valence-corrected chi connectivity index (χ0v) is 18.5. The van der Waals surface area contributed by atoms with Crippen LogP contribution in [0.5, 0.6) is 11.5 Å². The van der Waals surface area contributed by atoms with Crippen molar-refractivity contribution in [3.05, 3.63) is 57.6 Å². The van der Waals surface area contributed by atoms with Crippen molar-refractivity contribution in [1.29, 1.82) is 0 Å². The summed E-state index contributed by atoms with van der Waals surface area (Å²) in [6.07, 6.45) is 2.35. The summed E-state index contributed by atoms with van der Waals surface area (Å²) in [5, 5.41) is 2.63. The number of carbonyl (C=O) groups is 2. The fourth-order valence-corrected chi connectivity index (χ4v) is 3.73. The average Bonchev–Trinajstić information content (AvgIpc) is 2.71. The molecule has 0 atom stereocenters. The van der Waals surface area contributed by atoms with Gasteiger partial charge >= 0.3 is 0 Å². The summed E-state index contributed by atoms with van der Waals surface area (Å²) >= 11 is 8.65. The number of rotatable bonds is 5. The van der Waals surface area contributed by atoms with Crippen molar-refractivity contribution in [2.75, 3.05) is 19.1 Å². The molecule has 150 valence electrons. The van der Waals surface area contributed by atoms with Crippen LogP contribution in [0, 0.1) is 0 Å². The number of anilines is 1. The van der Waals surface area contributed by atoms with Gasteiger partial charge in [-0.25, -0.2) is 0 Å². The number of hydrogen-bond acceptors (Lipinski definition) is 5. The Labute approximate surface area is 182 Å². The van der Waals surface area contributed by atoms with Crippen molar-refractivity contribution < 1.29 is 19.1 Å². The van der Waals surface area contributed by atoms with E-state index in [1.54, 1.807) is 24.3 Å². The van der Waals surface area contributed by atoms with Crippen LogP contribution in [0.4, 0.5) is 5.69 Å². The van der Waals surface area contributed by atoms with E-state index < -0.39 is 11.8 Å². The van der Waals surface area contributed by atoms with E-state index in [0.29, 0.717) is 27.2 Å². The highest BCUT2D eigenvalue weighted by atomic mass is 79.9. The fourth-order valence-electron chi connectivity index (χ4n) is 2.99. The molecule has 2 amide bonds. The molecule has 1 aliphatic rings. The second-order valence-electron chi connectivity index (χ2n) is 6.21. The van der Waals surface area contributed by atoms with Gasteiger partial charge in [-0.1, -0.05) is 35.0 Å². The van der Waals surface area contributed by atoms with Crippen LogP contribution in [-0.4, -0.2) is 31.1 Å². The van der Waals surface area contributed by atoms with Gasteiger partial charge in [0.25, 0.3) is 11.8 Å². The monoisotopic (exact) mass is 474 g/mol. The Morgan fingerprint density at radius 1 is 1.14 bits per heavy atom. The highest BCUT2D eigenvalue weighted by Crippen LogP contribution is 2.36. The predicted octanol–water partition coefficient (Wildman–Crippen LogP) is 3.86. The number of nitrogens with zero attached hydrogens (tertiary/aromatic N) is 1. The number of aryl methyl sites for hydroxylation is 1. The minimum Gasteiger partial charge on any atom is -0.493 e. The maximum absolute atomic E-state index is 13.2. The van der Waals surface area contributed by atoms with Crippen LogP contribution in [0.2, 0.25) is 0 Å². The van der Waals surface area contributed by atoms with Gasteiger partial charge in [-0.05, 0) is 54.5 Å². The number of carbonyl (C=O) groups excluding carboxylic acids is 2. The number of hydrogen-bond donors (Lipinski definition) is 1. The molecule has 2 aromatic rings. The van der Waals surface area contributed by atoms with Crippen LogP contribution >= 0.6 is 28.1 Å². The second-order valence-corrected chi connectivity index (χ2v) is 7.51. The van der Waals surface area contributed by atoms with Crippen LogP contribution in [0.15, 0.2) is 46.4 Å². The van der Waals surface area contributed by atoms with Gasteiger partial charge in [0.1, 0.15) is 5.57 Å². The molecule has 3 rings (SSSR count). The van der Waals surface area contributed by atoms with E-state index in [9.17, 15) is 9.59 Å². The third kappa shape index (κ3) is 4.18. The molecule has 0 saturated carbocycles. The number of thiocarbonyl (C=S) groups is 1. The molecule has 1 heterocycles. The summed E-state index contributed by atoms with van der Waals surface area (Å²) in [7, 11) is 3.01. The van der Waals surface area contributed by atoms with Gasteiger partial charge in [0.15, 0.2) is 16.6 Å². The van der Waals surface area contributed by atoms with Crippen LogP contribution < -0.4 is 19.7 Å². The van der Waals surface area contributed by atoms with Gasteiger partial charge in [-0.2, -0.15) is 0 Å². The van der Waals surface area contributed by atoms with E-state index in [4.69, 9.17) is 21.7 Å². The van der Waals surface area contributed by atoms with E-state index in [-0.39, 0.29) is 10.7 Å². The summed E-state index contributed by atoms with van der Waals surface area (Å²) < 4.78 is 11.5. The summed E-state index contributed by atoms with van der Waals surface area (Å²) in [4.78, 5) is 27.0. The van der Waals surface area contributed by atoms with Crippen molar-refractivity contribution in [2.45, 2.75) is 13.3 Å². The molecule has 0 aliphatic carbocycles. The third-order valence-electron chi connectivity index (χ3n) is 4.48. The minimum atomic E-state index is -0.567. The molecule has 0 unspecified atom stereocenters. The highest BCUT2D eigenvalue weighted by molar-refractivity contribution is 9.10.